The number of carbonyl (C=O) groups excluding carboxylic acids is 1. The number of aryl methyl sites for hydroxylation is 2. The number of amides is 1. The van der Waals surface area contributed by atoms with E-state index in [4.69, 9.17) is 23.9 Å². The van der Waals surface area contributed by atoms with Crippen molar-refractivity contribution in [3.8, 4) is 23.0 Å². The van der Waals surface area contributed by atoms with Gasteiger partial charge in [-0.3, -0.25) is 4.79 Å². The molecular formula is C33H39N3O5. The van der Waals surface area contributed by atoms with Crippen LogP contribution in [0.15, 0.2) is 66.7 Å². The minimum absolute atomic E-state index is 0.0305. The Kier molecular flexibility index (Phi) is 10.7. The third-order valence-corrected chi connectivity index (χ3v) is 6.78. The van der Waals surface area contributed by atoms with E-state index >= 15 is 0 Å². The molecular weight excluding hydrogens is 518 g/mol. The van der Waals surface area contributed by atoms with Crippen molar-refractivity contribution < 1.29 is 23.7 Å². The van der Waals surface area contributed by atoms with E-state index < -0.39 is 0 Å². The largest absolute Gasteiger partial charge is 0.493 e. The minimum Gasteiger partial charge on any atom is -0.493 e. The first-order valence-corrected chi connectivity index (χ1v) is 13.9. The fourth-order valence-electron chi connectivity index (χ4n) is 4.78. The van der Waals surface area contributed by atoms with Gasteiger partial charge in [0.1, 0.15) is 5.82 Å². The molecule has 8 heteroatoms. The number of hydrogen-bond acceptors (Lipinski definition) is 6. The van der Waals surface area contributed by atoms with Gasteiger partial charge in [0.05, 0.1) is 45.4 Å². The Morgan fingerprint density at radius 1 is 0.902 bits per heavy atom. The Hall–Kier alpha value is -4.46. The quantitative estimate of drug-likeness (QED) is 0.185. The number of benzene rings is 3. The molecule has 0 aliphatic rings. The highest BCUT2D eigenvalue weighted by Gasteiger charge is 2.12. The molecule has 1 amide bonds. The Morgan fingerprint density at radius 3 is 2.44 bits per heavy atom. The number of aromatic nitrogens is 2. The Bertz CT molecular complexity index is 1480. The Morgan fingerprint density at radius 2 is 1.66 bits per heavy atom. The summed E-state index contributed by atoms with van der Waals surface area (Å²) < 4.78 is 24.5. The molecule has 4 rings (SSSR count). The number of fused-ring (bicyclic) bond motifs is 1. The monoisotopic (exact) mass is 557 g/mol. The molecule has 216 valence electrons. The SMILES string of the molecule is C/C=C/c1ccc(OCCCn2c(CCCNC(=O)Cc3ccc(OC)c(OC)c3)nc3ccccc32)c(OC)c1. The molecule has 0 atom stereocenters. The summed E-state index contributed by atoms with van der Waals surface area (Å²) in [4.78, 5) is 17.4. The maximum atomic E-state index is 12.5. The third-order valence-electron chi connectivity index (χ3n) is 6.78. The van der Waals surface area contributed by atoms with Gasteiger partial charge in [-0.05, 0) is 67.3 Å². The lowest BCUT2D eigenvalue weighted by molar-refractivity contribution is -0.120. The average molecular weight is 558 g/mol. The van der Waals surface area contributed by atoms with E-state index in [9.17, 15) is 4.79 Å². The highest BCUT2D eigenvalue weighted by Crippen LogP contribution is 2.29. The summed E-state index contributed by atoms with van der Waals surface area (Å²) >= 11 is 0. The zero-order chi connectivity index (χ0) is 29.0. The van der Waals surface area contributed by atoms with Gasteiger partial charge in [0.25, 0.3) is 0 Å². The van der Waals surface area contributed by atoms with Crippen molar-refractivity contribution >= 4 is 23.0 Å². The highest BCUT2D eigenvalue weighted by atomic mass is 16.5. The lowest BCUT2D eigenvalue weighted by Crippen LogP contribution is -2.26. The van der Waals surface area contributed by atoms with E-state index in [0.717, 1.165) is 65.3 Å². The fourth-order valence-corrected chi connectivity index (χ4v) is 4.78. The first-order chi connectivity index (χ1) is 20.1. The van der Waals surface area contributed by atoms with Crippen LogP contribution in [0.4, 0.5) is 0 Å². The number of ether oxygens (including phenoxy) is 4. The van der Waals surface area contributed by atoms with Crippen LogP contribution in [0, 0.1) is 0 Å². The molecule has 8 nitrogen and oxygen atoms in total. The first-order valence-electron chi connectivity index (χ1n) is 13.9. The maximum absolute atomic E-state index is 12.5. The van der Waals surface area contributed by atoms with Crippen molar-refractivity contribution in [1.82, 2.24) is 14.9 Å². The molecule has 1 aromatic heterocycles. The van der Waals surface area contributed by atoms with Crippen LogP contribution in [0.5, 0.6) is 23.0 Å². The summed E-state index contributed by atoms with van der Waals surface area (Å²) in [6, 6.07) is 19.6. The molecule has 0 unspecified atom stereocenters. The lowest BCUT2D eigenvalue weighted by Gasteiger charge is -2.13. The van der Waals surface area contributed by atoms with Crippen molar-refractivity contribution in [3.63, 3.8) is 0 Å². The summed E-state index contributed by atoms with van der Waals surface area (Å²) in [7, 11) is 4.84. The molecule has 1 N–H and O–H groups in total. The number of nitrogens with one attached hydrogen (secondary N) is 1. The number of para-hydroxylation sites is 2. The van der Waals surface area contributed by atoms with Gasteiger partial charge >= 0.3 is 0 Å². The molecule has 0 aliphatic heterocycles. The van der Waals surface area contributed by atoms with Gasteiger partial charge in [0.15, 0.2) is 23.0 Å². The van der Waals surface area contributed by atoms with Crippen LogP contribution in [0.25, 0.3) is 17.1 Å². The summed E-state index contributed by atoms with van der Waals surface area (Å²) in [5.41, 5.74) is 4.02. The van der Waals surface area contributed by atoms with E-state index in [0.29, 0.717) is 24.7 Å². The summed E-state index contributed by atoms with van der Waals surface area (Å²) in [6.45, 7) is 3.89. The lowest BCUT2D eigenvalue weighted by atomic mass is 10.1. The number of allylic oxidation sites excluding steroid dienone is 1. The highest BCUT2D eigenvalue weighted by molar-refractivity contribution is 5.79. The van der Waals surface area contributed by atoms with Crippen molar-refractivity contribution in [2.75, 3.05) is 34.5 Å². The van der Waals surface area contributed by atoms with E-state index in [1.807, 2.05) is 73.7 Å². The van der Waals surface area contributed by atoms with Gasteiger partial charge in [-0.1, -0.05) is 36.4 Å². The molecule has 0 fully saturated rings. The average Bonchev–Trinajstić information content (AvgIpc) is 3.35. The molecule has 0 radical (unpaired) electrons. The van der Waals surface area contributed by atoms with Gasteiger partial charge < -0.3 is 28.8 Å². The van der Waals surface area contributed by atoms with E-state index in [1.165, 1.54) is 0 Å². The molecule has 1 heterocycles. The molecule has 0 aliphatic carbocycles. The van der Waals surface area contributed by atoms with E-state index in [-0.39, 0.29) is 12.3 Å². The van der Waals surface area contributed by atoms with Crippen molar-refractivity contribution in [2.45, 2.75) is 39.2 Å². The van der Waals surface area contributed by atoms with Gasteiger partial charge in [-0.15, -0.1) is 0 Å². The van der Waals surface area contributed by atoms with Crippen LogP contribution >= 0.6 is 0 Å². The minimum atomic E-state index is -0.0305. The number of carbonyl (C=O) groups is 1. The third kappa shape index (κ3) is 7.81. The number of imidazole rings is 1. The normalized spacial score (nSPS) is 11.1. The van der Waals surface area contributed by atoms with Gasteiger partial charge in [0, 0.05) is 19.5 Å². The number of methoxy groups -OCH3 is 3. The fraction of sp³-hybridized carbons (Fsp3) is 0.333. The van der Waals surface area contributed by atoms with Gasteiger partial charge in [0.2, 0.25) is 5.91 Å². The van der Waals surface area contributed by atoms with Crippen LogP contribution in [0.1, 0.15) is 36.7 Å². The second kappa shape index (κ2) is 14.8. The summed E-state index contributed by atoms with van der Waals surface area (Å²) in [5.74, 6) is 3.70. The van der Waals surface area contributed by atoms with Gasteiger partial charge in [-0.2, -0.15) is 0 Å². The maximum Gasteiger partial charge on any atom is 0.224 e. The predicted octanol–water partition coefficient (Wildman–Crippen LogP) is 5.86. The van der Waals surface area contributed by atoms with Crippen LogP contribution in [-0.4, -0.2) is 49.9 Å². The molecule has 4 aromatic rings. The van der Waals surface area contributed by atoms with Crippen molar-refractivity contribution in [1.29, 1.82) is 0 Å². The number of hydrogen-bond donors (Lipinski definition) is 1. The zero-order valence-electron chi connectivity index (χ0n) is 24.3. The Labute approximate surface area is 241 Å². The van der Waals surface area contributed by atoms with Crippen LogP contribution in [-0.2, 0) is 24.2 Å². The number of rotatable bonds is 15. The van der Waals surface area contributed by atoms with Crippen LogP contribution in [0.3, 0.4) is 0 Å². The predicted molar refractivity (Wildman–Crippen MR) is 162 cm³/mol. The van der Waals surface area contributed by atoms with Crippen molar-refractivity contribution in [3.05, 3.63) is 83.7 Å². The number of nitrogens with zero attached hydrogens (tertiary/aromatic N) is 2. The molecule has 0 saturated heterocycles. The zero-order valence-corrected chi connectivity index (χ0v) is 24.3. The van der Waals surface area contributed by atoms with E-state index in [1.54, 1.807) is 21.3 Å². The second-order valence-electron chi connectivity index (χ2n) is 9.60. The summed E-state index contributed by atoms with van der Waals surface area (Å²) in [5, 5.41) is 3.03. The molecule has 0 saturated carbocycles. The van der Waals surface area contributed by atoms with Crippen LogP contribution < -0.4 is 24.3 Å². The second-order valence-corrected chi connectivity index (χ2v) is 9.60. The molecule has 41 heavy (non-hydrogen) atoms. The van der Waals surface area contributed by atoms with E-state index in [2.05, 4.69) is 16.0 Å². The first kappa shape index (κ1) is 29.5. The van der Waals surface area contributed by atoms with Crippen molar-refractivity contribution in [2.24, 2.45) is 0 Å². The van der Waals surface area contributed by atoms with Gasteiger partial charge in [-0.25, -0.2) is 4.98 Å². The Balaban J connectivity index is 1.30. The standard InChI is InChI=1S/C33H39N3O5/c1-5-10-24-14-17-29(31(21-24)40-4)41-20-9-19-36-27-12-7-6-11-26(27)35-32(36)13-8-18-34-33(37)23-25-15-16-28(38-2)30(22-25)39-3/h5-7,10-12,14-17,21-22H,8-9,13,18-20,23H2,1-4H3,(H,34,37)/b10-5+. The van der Waals surface area contributed by atoms with Crippen LogP contribution in [0.2, 0.25) is 0 Å². The molecule has 0 bridgehead atoms. The molecule has 3 aromatic carbocycles. The smallest absolute Gasteiger partial charge is 0.224 e. The summed E-state index contributed by atoms with van der Waals surface area (Å²) in [6.07, 6.45) is 6.66. The molecule has 0 spiro atoms. The topological polar surface area (TPSA) is 83.8 Å².